The number of benzene rings is 2. The van der Waals surface area contributed by atoms with Gasteiger partial charge in [0, 0.05) is 29.6 Å². The van der Waals surface area contributed by atoms with Gasteiger partial charge in [0.15, 0.2) is 0 Å². The van der Waals surface area contributed by atoms with Crippen LogP contribution in [-0.4, -0.2) is 23.3 Å². The molecule has 2 heterocycles. The van der Waals surface area contributed by atoms with Gasteiger partial charge in [0.2, 0.25) is 11.8 Å². The molecule has 2 amide bonds. The predicted octanol–water partition coefficient (Wildman–Crippen LogP) is 4.89. The van der Waals surface area contributed by atoms with E-state index in [4.69, 9.17) is 0 Å². The van der Waals surface area contributed by atoms with Gasteiger partial charge in [-0.15, -0.1) is 11.3 Å². The number of hydrogen-bond acceptors (Lipinski definition) is 3. The van der Waals surface area contributed by atoms with Crippen LogP contribution in [0.5, 0.6) is 0 Å². The summed E-state index contributed by atoms with van der Waals surface area (Å²) in [6.45, 7) is 2.22. The van der Waals surface area contributed by atoms with Crippen LogP contribution < -0.4 is 5.32 Å². The molecule has 28 heavy (non-hydrogen) atoms. The normalized spacial score (nSPS) is 15.8. The number of fused-ring (bicyclic) bond motifs is 1. The summed E-state index contributed by atoms with van der Waals surface area (Å²) in [7, 11) is 0. The quantitative estimate of drug-likeness (QED) is 0.689. The SMILES string of the molecule is CC(=O)N1CCc2ccccc2C1CC(=O)Nc1ccccc1-c1cccs1. The van der Waals surface area contributed by atoms with Crippen LogP contribution in [-0.2, 0) is 16.0 Å². The van der Waals surface area contributed by atoms with Crippen molar-refractivity contribution in [1.82, 2.24) is 4.90 Å². The molecular weight excluding hydrogens is 368 g/mol. The summed E-state index contributed by atoms with van der Waals surface area (Å²) in [6.07, 6.45) is 1.07. The second-order valence-corrected chi connectivity index (χ2v) is 7.90. The Hall–Kier alpha value is -2.92. The second-order valence-electron chi connectivity index (χ2n) is 6.95. The van der Waals surface area contributed by atoms with Crippen molar-refractivity contribution in [3.8, 4) is 10.4 Å². The van der Waals surface area contributed by atoms with Crippen LogP contribution in [0.3, 0.4) is 0 Å². The Bertz CT molecular complexity index is 997. The molecule has 4 rings (SSSR count). The average Bonchev–Trinajstić information content (AvgIpc) is 3.23. The molecule has 2 aromatic carbocycles. The molecule has 1 aromatic heterocycles. The van der Waals surface area contributed by atoms with E-state index in [1.54, 1.807) is 18.3 Å². The molecule has 0 aliphatic carbocycles. The molecule has 0 saturated carbocycles. The zero-order chi connectivity index (χ0) is 19.5. The Morgan fingerprint density at radius 3 is 2.64 bits per heavy atom. The Labute approximate surface area is 168 Å². The monoisotopic (exact) mass is 390 g/mol. The molecule has 4 nitrogen and oxygen atoms in total. The Morgan fingerprint density at radius 1 is 1.07 bits per heavy atom. The highest BCUT2D eigenvalue weighted by Gasteiger charge is 2.30. The second kappa shape index (κ2) is 7.98. The third kappa shape index (κ3) is 3.71. The van der Waals surface area contributed by atoms with Crippen LogP contribution in [0.25, 0.3) is 10.4 Å². The van der Waals surface area contributed by atoms with E-state index in [1.165, 1.54) is 5.56 Å². The van der Waals surface area contributed by atoms with E-state index < -0.39 is 0 Å². The third-order valence-electron chi connectivity index (χ3n) is 5.18. The maximum absolute atomic E-state index is 12.9. The highest BCUT2D eigenvalue weighted by Crippen LogP contribution is 2.34. The molecular formula is C23H22N2O2S. The van der Waals surface area contributed by atoms with Gasteiger partial charge >= 0.3 is 0 Å². The maximum Gasteiger partial charge on any atom is 0.226 e. The number of para-hydroxylation sites is 1. The summed E-state index contributed by atoms with van der Waals surface area (Å²) in [5.74, 6) is -0.0803. The van der Waals surface area contributed by atoms with Gasteiger partial charge in [-0.2, -0.15) is 0 Å². The van der Waals surface area contributed by atoms with E-state index in [0.29, 0.717) is 6.54 Å². The number of carbonyl (C=O) groups is 2. The Balaban J connectivity index is 1.58. The minimum atomic E-state index is -0.226. The molecule has 1 N–H and O–H groups in total. The van der Waals surface area contributed by atoms with Crippen molar-refractivity contribution in [1.29, 1.82) is 0 Å². The van der Waals surface area contributed by atoms with E-state index in [1.807, 2.05) is 64.9 Å². The number of anilines is 1. The largest absolute Gasteiger partial charge is 0.335 e. The van der Waals surface area contributed by atoms with Crippen LogP contribution in [0.15, 0.2) is 66.0 Å². The third-order valence-corrected chi connectivity index (χ3v) is 6.09. The molecule has 1 aliphatic rings. The van der Waals surface area contributed by atoms with Gasteiger partial charge < -0.3 is 10.2 Å². The molecule has 1 unspecified atom stereocenters. The number of amides is 2. The number of carbonyl (C=O) groups excluding carboxylic acids is 2. The Kier molecular flexibility index (Phi) is 5.26. The minimum Gasteiger partial charge on any atom is -0.335 e. The molecule has 0 spiro atoms. The zero-order valence-corrected chi connectivity index (χ0v) is 16.5. The van der Waals surface area contributed by atoms with E-state index >= 15 is 0 Å². The molecule has 3 aromatic rings. The van der Waals surface area contributed by atoms with Crippen LogP contribution in [0.2, 0.25) is 0 Å². The number of nitrogens with one attached hydrogen (secondary N) is 1. The topological polar surface area (TPSA) is 49.4 Å². The van der Waals surface area contributed by atoms with Gasteiger partial charge in [0.05, 0.1) is 12.5 Å². The van der Waals surface area contributed by atoms with Crippen molar-refractivity contribution in [2.24, 2.45) is 0 Å². The van der Waals surface area contributed by atoms with Crippen molar-refractivity contribution >= 4 is 28.8 Å². The van der Waals surface area contributed by atoms with E-state index in [2.05, 4.69) is 11.4 Å². The highest BCUT2D eigenvalue weighted by molar-refractivity contribution is 7.13. The van der Waals surface area contributed by atoms with Gasteiger partial charge in [-0.3, -0.25) is 9.59 Å². The van der Waals surface area contributed by atoms with Crippen molar-refractivity contribution < 1.29 is 9.59 Å². The number of thiophene rings is 1. The van der Waals surface area contributed by atoms with Gasteiger partial charge in [0.25, 0.3) is 0 Å². The lowest BCUT2D eigenvalue weighted by molar-refractivity contribution is -0.132. The summed E-state index contributed by atoms with van der Waals surface area (Å²) >= 11 is 1.64. The number of hydrogen-bond donors (Lipinski definition) is 1. The lowest BCUT2D eigenvalue weighted by Crippen LogP contribution is -2.40. The first-order chi connectivity index (χ1) is 13.6. The van der Waals surface area contributed by atoms with Crippen LogP contribution in [0.1, 0.15) is 30.5 Å². The summed E-state index contributed by atoms with van der Waals surface area (Å²) < 4.78 is 0. The minimum absolute atomic E-state index is 0.00582. The molecule has 1 aliphatic heterocycles. The first-order valence-corrected chi connectivity index (χ1v) is 10.3. The highest BCUT2D eigenvalue weighted by atomic mass is 32.1. The lowest BCUT2D eigenvalue weighted by Gasteiger charge is -2.36. The number of nitrogens with zero attached hydrogens (tertiary/aromatic N) is 1. The summed E-state index contributed by atoms with van der Waals surface area (Å²) in [5.41, 5.74) is 4.11. The van der Waals surface area contributed by atoms with Crippen LogP contribution in [0, 0.1) is 0 Å². The summed E-state index contributed by atoms with van der Waals surface area (Å²) in [5, 5.41) is 5.09. The molecule has 1 atom stereocenters. The smallest absolute Gasteiger partial charge is 0.226 e. The zero-order valence-electron chi connectivity index (χ0n) is 15.7. The van der Waals surface area contributed by atoms with Gasteiger partial charge in [-0.1, -0.05) is 48.5 Å². The van der Waals surface area contributed by atoms with E-state index in [9.17, 15) is 9.59 Å². The van der Waals surface area contributed by atoms with E-state index in [-0.39, 0.29) is 24.3 Å². The molecule has 0 bridgehead atoms. The average molecular weight is 391 g/mol. The van der Waals surface area contributed by atoms with Crippen LogP contribution in [0.4, 0.5) is 5.69 Å². The summed E-state index contributed by atoms with van der Waals surface area (Å²) in [4.78, 5) is 28.0. The van der Waals surface area contributed by atoms with Crippen molar-refractivity contribution in [3.63, 3.8) is 0 Å². The summed E-state index contributed by atoms with van der Waals surface area (Å²) in [6, 6.07) is 19.7. The van der Waals surface area contributed by atoms with E-state index in [0.717, 1.165) is 28.1 Å². The predicted molar refractivity (Wildman–Crippen MR) is 113 cm³/mol. The molecule has 0 saturated heterocycles. The Morgan fingerprint density at radius 2 is 1.86 bits per heavy atom. The standard InChI is InChI=1S/C23H22N2O2S/c1-16(26)25-13-12-17-7-2-3-8-18(17)21(25)15-23(27)24-20-10-5-4-9-19(20)22-11-6-14-28-22/h2-11,14,21H,12-13,15H2,1H3,(H,24,27). The first kappa shape index (κ1) is 18.4. The van der Waals surface area contributed by atoms with Crippen molar-refractivity contribution in [2.45, 2.75) is 25.8 Å². The van der Waals surface area contributed by atoms with Gasteiger partial charge in [-0.25, -0.2) is 0 Å². The fraction of sp³-hybridized carbons (Fsp3) is 0.217. The fourth-order valence-corrected chi connectivity index (χ4v) is 4.63. The van der Waals surface area contributed by atoms with Gasteiger partial charge in [-0.05, 0) is 35.1 Å². The van der Waals surface area contributed by atoms with Gasteiger partial charge in [0.1, 0.15) is 0 Å². The molecule has 0 fully saturated rings. The van der Waals surface area contributed by atoms with Crippen molar-refractivity contribution in [2.75, 3.05) is 11.9 Å². The fourth-order valence-electron chi connectivity index (χ4n) is 3.86. The van der Waals surface area contributed by atoms with Crippen LogP contribution >= 0.6 is 11.3 Å². The first-order valence-electron chi connectivity index (χ1n) is 9.41. The lowest BCUT2D eigenvalue weighted by atomic mass is 9.90. The molecule has 0 radical (unpaired) electrons. The number of rotatable bonds is 4. The molecule has 142 valence electrons. The molecule has 5 heteroatoms. The maximum atomic E-state index is 12.9. The van der Waals surface area contributed by atoms with Crippen molar-refractivity contribution in [3.05, 3.63) is 77.2 Å².